The lowest BCUT2D eigenvalue weighted by molar-refractivity contribution is 0.0529. The maximum absolute atomic E-state index is 11.5. The molecule has 1 aromatic rings. The molecule has 0 fully saturated rings. The molecule has 0 aromatic carbocycles. The summed E-state index contributed by atoms with van der Waals surface area (Å²) in [5.41, 5.74) is 3.51. The Morgan fingerprint density at radius 1 is 1.64 bits per heavy atom. The molecule has 14 heavy (non-hydrogen) atoms. The Morgan fingerprint density at radius 3 is 3.29 bits per heavy atom. The van der Waals surface area contributed by atoms with Gasteiger partial charge in [0.25, 0.3) is 0 Å². The minimum Gasteiger partial charge on any atom is -0.462 e. The van der Waals surface area contributed by atoms with Crippen molar-refractivity contribution < 1.29 is 9.53 Å². The molecule has 0 atom stereocenters. The number of fused-ring (bicyclic) bond motifs is 3. The fourth-order valence-corrected chi connectivity index (χ4v) is 1.67. The summed E-state index contributed by atoms with van der Waals surface area (Å²) in [5, 5.41) is 0.920. The van der Waals surface area contributed by atoms with Crippen LogP contribution in [0.5, 0.6) is 0 Å². The molecule has 0 saturated heterocycles. The maximum Gasteiger partial charge on any atom is 0.340 e. The predicted octanol–water partition coefficient (Wildman–Crippen LogP) is 1.72. The first-order valence-electron chi connectivity index (χ1n) is 4.51. The number of nitrogens with zero attached hydrogens (tertiary/aromatic N) is 1. The molecule has 2 aliphatic rings. The van der Waals surface area contributed by atoms with Crippen LogP contribution in [0.3, 0.4) is 0 Å². The van der Waals surface area contributed by atoms with Crippen LogP contribution in [0.1, 0.15) is 17.3 Å². The smallest absolute Gasteiger partial charge is 0.340 e. The summed E-state index contributed by atoms with van der Waals surface area (Å²) in [4.78, 5) is 18.6. The Balaban J connectivity index is 2.11. The molecule has 0 saturated carbocycles. The van der Waals surface area contributed by atoms with Crippen molar-refractivity contribution in [1.82, 2.24) is 9.97 Å². The van der Waals surface area contributed by atoms with Crippen LogP contribution in [0.25, 0.3) is 22.3 Å². The standard InChI is InChI=1S/C10H8N2O2/c1-2-14-10(13)6-4-11-8-5(6)3-7-9(8)12-7/h3-4,11H,2H2,1H3. The van der Waals surface area contributed by atoms with Crippen LogP contribution in [0.15, 0.2) is 12.3 Å². The summed E-state index contributed by atoms with van der Waals surface area (Å²) < 4.78 is 4.93. The fraction of sp³-hybridized carbons (Fsp3) is 0.200. The van der Waals surface area contributed by atoms with Crippen LogP contribution >= 0.6 is 0 Å². The molecule has 0 unspecified atom stereocenters. The van der Waals surface area contributed by atoms with Gasteiger partial charge in [-0.2, -0.15) is 0 Å². The zero-order chi connectivity index (χ0) is 9.71. The van der Waals surface area contributed by atoms with E-state index in [9.17, 15) is 4.79 Å². The monoisotopic (exact) mass is 188 g/mol. The Hall–Kier alpha value is -1.84. The molecule has 1 aliphatic heterocycles. The van der Waals surface area contributed by atoms with E-state index in [1.54, 1.807) is 13.1 Å². The predicted molar refractivity (Wildman–Crippen MR) is 51.0 cm³/mol. The van der Waals surface area contributed by atoms with Gasteiger partial charge in [0.15, 0.2) is 0 Å². The number of rotatable bonds is 2. The average molecular weight is 188 g/mol. The van der Waals surface area contributed by atoms with Crippen molar-refractivity contribution in [1.29, 1.82) is 0 Å². The third-order valence-electron chi connectivity index (χ3n) is 2.36. The summed E-state index contributed by atoms with van der Waals surface area (Å²) in [5.74, 6) is -0.274. The number of ether oxygens (including phenoxy) is 1. The number of pyridine rings is 1. The molecule has 1 aromatic heterocycles. The highest BCUT2D eigenvalue weighted by atomic mass is 16.5. The molecule has 0 amide bonds. The lowest BCUT2D eigenvalue weighted by Crippen LogP contribution is -2.03. The van der Waals surface area contributed by atoms with E-state index in [1.165, 1.54) is 0 Å². The fourth-order valence-electron chi connectivity index (χ4n) is 1.67. The van der Waals surface area contributed by atoms with Gasteiger partial charge < -0.3 is 9.72 Å². The van der Waals surface area contributed by atoms with Crippen LogP contribution < -0.4 is 0 Å². The van der Waals surface area contributed by atoms with Crippen molar-refractivity contribution >= 4 is 16.9 Å². The van der Waals surface area contributed by atoms with Gasteiger partial charge in [0, 0.05) is 11.6 Å². The molecular formula is C10H8N2O2. The van der Waals surface area contributed by atoms with Crippen molar-refractivity contribution in [3.63, 3.8) is 0 Å². The van der Waals surface area contributed by atoms with Crippen LogP contribution in [-0.2, 0) is 4.74 Å². The highest BCUT2D eigenvalue weighted by Gasteiger charge is 2.25. The molecule has 1 aliphatic carbocycles. The molecular weight excluding hydrogens is 180 g/mol. The second-order valence-electron chi connectivity index (χ2n) is 3.20. The Kier molecular flexibility index (Phi) is 1.27. The summed E-state index contributed by atoms with van der Waals surface area (Å²) in [6.45, 7) is 2.20. The summed E-state index contributed by atoms with van der Waals surface area (Å²) in [7, 11) is 0. The first-order chi connectivity index (χ1) is 6.81. The lowest BCUT2D eigenvalue weighted by atomic mass is 10.2. The quantitative estimate of drug-likeness (QED) is 0.623. The Morgan fingerprint density at radius 2 is 2.50 bits per heavy atom. The van der Waals surface area contributed by atoms with Crippen molar-refractivity contribution in [3.8, 4) is 11.4 Å². The van der Waals surface area contributed by atoms with Crippen LogP contribution in [-0.4, -0.2) is 22.5 Å². The molecule has 0 spiro atoms. The third kappa shape index (κ3) is 0.824. The number of hydrogen-bond acceptors (Lipinski definition) is 3. The van der Waals surface area contributed by atoms with Crippen molar-refractivity contribution in [2.75, 3.05) is 6.61 Å². The van der Waals surface area contributed by atoms with Crippen molar-refractivity contribution in [2.24, 2.45) is 0 Å². The topological polar surface area (TPSA) is 55.0 Å². The highest BCUT2D eigenvalue weighted by Crippen LogP contribution is 2.39. The second-order valence-corrected chi connectivity index (χ2v) is 3.20. The number of hydrogen-bond donors (Lipinski definition) is 1. The van der Waals surface area contributed by atoms with Gasteiger partial charge in [0.1, 0.15) is 5.69 Å². The van der Waals surface area contributed by atoms with Gasteiger partial charge in [0.2, 0.25) is 0 Å². The van der Waals surface area contributed by atoms with E-state index in [2.05, 4.69) is 9.97 Å². The molecule has 3 rings (SSSR count). The van der Waals surface area contributed by atoms with Gasteiger partial charge in [-0.15, -0.1) is 0 Å². The van der Waals surface area contributed by atoms with Gasteiger partial charge in [0.05, 0.1) is 23.4 Å². The molecule has 4 nitrogen and oxygen atoms in total. The number of carbonyl (C=O) groups is 1. The largest absolute Gasteiger partial charge is 0.462 e. The van der Waals surface area contributed by atoms with E-state index >= 15 is 0 Å². The molecule has 2 heterocycles. The maximum atomic E-state index is 11.5. The summed E-state index contributed by atoms with van der Waals surface area (Å²) in [6.07, 6.45) is 1.68. The summed E-state index contributed by atoms with van der Waals surface area (Å²) >= 11 is 0. The molecule has 0 bridgehead atoms. The molecule has 0 radical (unpaired) electrons. The molecule has 1 N–H and O–H groups in total. The van der Waals surface area contributed by atoms with Gasteiger partial charge in [-0.1, -0.05) is 0 Å². The van der Waals surface area contributed by atoms with Crippen LogP contribution in [0, 0.1) is 0 Å². The number of H-pyrrole nitrogens is 1. The molecule has 70 valence electrons. The van der Waals surface area contributed by atoms with Crippen molar-refractivity contribution in [2.45, 2.75) is 6.92 Å². The van der Waals surface area contributed by atoms with E-state index in [4.69, 9.17) is 4.74 Å². The third-order valence-corrected chi connectivity index (χ3v) is 2.36. The second kappa shape index (κ2) is 2.35. The number of nitrogens with one attached hydrogen (secondary N) is 1. The van der Waals surface area contributed by atoms with E-state index in [0.717, 1.165) is 22.3 Å². The normalized spacial score (nSPS) is 11.8. The van der Waals surface area contributed by atoms with Crippen LogP contribution in [0.2, 0.25) is 0 Å². The van der Waals surface area contributed by atoms with Crippen molar-refractivity contribution in [3.05, 3.63) is 17.8 Å². The van der Waals surface area contributed by atoms with E-state index in [-0.39, 0.29) is 5.97 Å². The lowest BCUT2D eigenvalue weighted by Gasteiger charge is -1.97. The van der Waals surface area contributed by atoms with Crippen LogP contribution in [0.4, 0.5) is 0 Å². The Labute approximate surface area is 79.9 Å². The zero-order valence-electron chi connectivity index (χ0n) is 7.63. The van der Waals surface area contributed by atoms with E-state index in [0.29, 0.717) is 12.2 Å². The highest BCUT2D eigenvalue weighted by molar-refractivity contribution is 6.12. The number of aromatic nitrogens is 2. The van der Waals surface area contributed by atoms with Gasteiger partial charge in [-0.05, 0) is 13.0 Å². The van der Waals surface area contributed by atoms with E-state index in [1.807, 2.05) is 6.07 Å². The van der Waals surface area contributed by atoms with Gasteiger partial charge in [-0.3, -0.25) is 0 Å². The van der Waals surface area contributed by atoms with Gasteiger partial charge in [-0.25, -0.2) is 9.78 Å². The molecule has 4 heteroatoms. The first-order valence-corrected chi connectivity index (χ1v) is 4.51. The SMILES string of the molecule is CCOC(=O)c1c[nH]c2c3nc-3cc12. The first kappa shape index (κ1) is 7.55. The minimum absolute atomic E-state index is 0.274. The zero-order valence-corrected chi connectivity index (χ0v) is 7.63. The van der Waals surface area contributed by atoms with E-state index < -0.39 is 0 Å². The summed E-state index contributed by atoms with van der Waals surface area (Å²) in [6, 6.07) is 1.91. The van der Waals surface area contributed by atoms with Gasteiger partial charge >= 0.3 is 5.97 Å². The minimum atomic E-state index is -0.274. The number of carbonyl (C=O) groups excluding carboxylic acids is 1. The number of aromatic amines is 1. The number of esters is 1. The average Bonchev–Trinajstić information content (AvgIpc) is 2.67. The Bertz CT molecular complexity index is 542.